The fourth-order valence-corrected chi connectivity index (χ4v) is 1.60. The van der Waals surface area contributed by atoms with Gasteiger partial charge in [-0.3, -0.25) is 0 Å². The van der Waals surface area contributed by atoms with Crippen molar-refractivity contribution in [3.05, 3.63) is 23.8 Å². The molecule has 2 N–H and O–H groups in total. The molecule has 0 atom stereocenters. The zero-order chi connectivity index (χ0) is 9.97. The van der Waals surface area contributed by atoms with Crippen LogP contribution >= 0.6 is 0 Å². The Morgan fingerprint density at radius 3 is 3.21 bits per heavy atom. The van der Waals surface area contributed by atoms with Crippen molar-refractivity contribution in [3.63, 3.8) is 0 Å². The average molecular weight is 194 g/mol. The van der Waals surface area contributed by atoms with Crippen LogP contribution in [-0.4, -0.2) is 25.4 Å². The lowest BCUT2D eigenvalue weighted by atomic mass is 10.1. The summed E-state index contributed by atoms with van der Waals surface area (Å²) in [5, 5.41) is 8.59. The van der Waals surface area contributed by atoms with Gasteiger partial charge in [-0.15, -0.1) is 0 Å². The summed E-state index contributed by atoms with van der Waals surface area (Å²) in [5.41, 5.74) is 4.28. The van der Waals surface area contributed by atoms with E-state index >= 15 is 0 Å². The van der Waals surface area contributed by atoms with Gasteiger partial charge in [-0.2, -0.15) is 0 Å². The highest BCUT2D eigenvalue weighted by atomic mass is 16.5. The molecule has 76 valence electrons. The van der Waals surface area contributed by atoms with Gasteiger partial charge >= 0.3 is 0 Å². The van der Waals surface area contributed by atoms with E-state index in [-0.39, 0.29) is 0 Å². The first-order chi connectivity index (χ1) is 6.81. The van der Waals surface area contributed by atoms with Crippen molar-refractivity contribution in [1.82, 2.24) is 5.48 Å². The number of ether oxygens (including phenoxy) is 1. The van der Waals surface area contributed by atoms with E-state index in [1.807, 2.05) is 25.2 Å². The van der Waals surface area contributed by atoms with Crippen LogP contribution in [0.3, 0.4) is 0 Å². The van der Waals surface area contributed by atoms with Gasteiger partial charge in [-0.25, -0.2) is 5.48 Å². The number of nitrogens with zero attached hydrogens (tertiary/aromatic N) is 1. The predicted molar refractivity (Wildman–Crippen MR) is 53.8 cm³/mol. The Hall–Kier alpha value is -1.26. The molecule has 1 aromatic rings. The Morgan fingerprint density at radius 2 is 2.43 bits per heavy atom. The van der Waals surface area contributed by atoms with E-state index in [2.05, 4.69) is 10.4 Å². The van der Waals surface area contributed by atoms with Gasteiger partial charge in [0.05, 0.1) is 12.2 Å². The molecule has 0 amide bonds. The highest BCUT2D eigenvalue weighted by molar-refractivity contribution is 5.60. The molecule has 4 heteroatoms. The SMILES string of the molecule is CN1CCOc2ccc(CNO)cc21. The molecule has 0 fully saturated rings. The van der Waals surface area contributed by atoms with Gasteiger partial charge in [0.25, 0.3) is 0 Å². The number of rotatable bonds is 2. The minimum absolute atomic E-state index is 0.459. The minimum Gasteiger partial charge on any atom is -0.490 e. The molecule has 14 heavy (non-hydrogen) atoms. The maximum Gasteiger partial charge on any atom is 0.142 e. The van der Waals surface area contributed by atoms with Crippen LogP contribution in [0.5, 0.6) is 5.75 Å². The van der Waals surface area contributed by atoms with E-state index in [1.165, 1.54) is 0 Å². The summed E-state index contributed by atoms with van der Waals surface area (Å²) in [7, 11) is 2.04. The lowest BCUT2D eigenvalue weighted by Gasteiger charge is -2.28. The van der Waals surface area contributed by atoms with Gasteiger partial charge < -0.3 is 14.8 Å². The van der Waals surface area contributed by atoms with E-state index in [9.17, 15) is 0 Å². The first-order valence-corrected chi connectivity index (χ1v) is 4.65. The number of anilines is 1. The lowest BCUT2D eigenvalue weighted by Crippen LogP contribution is -2.28. The van der Waals surface area contributed by atoms with E-state index in [0.717, 1.165) is 30.2 Å². The molecule has 0 unspecified atom stereocenters. The van der Waals surface area contributed by atoms with Crippen LogP contribution < -0.4 is 15.1 Å². The predicted octanol–water partition coefficient (Wildman–Crippen LogP) is 0.994. The topological polar surface area (TPSA) is 44.7 Å². The lowest BCUT2D eigenvalue weighted by molar-refractivity contribution is 0.161. The summed E-state index contributed by atoms with van der Waals surface area (Å²) < 4.78 is 5.50. The van der Waals surface area contributed by atoms with Crippen LogP contribution in [0.15, 0.2) is 18.2 Å². The summed E-state index contributed by atoms with van der Waals surface area (Å²) >= 11 is 0. The molecule has 4 nitrogen and oxygen atoms in total. The zero-order valence-corrected chi connectivity index (χ0v) is 8.16. The number of hydrogen-bond acceptors (Lipinski definition) is 4. The first kappa shape index (κ1) is 9.30. The van der Waals surface area contributed by atoms with Crippen molar-refractivity contribution in [2.75, 3.05) is 25.1 Å². The molecule has 1 aromatic carbocycles. The third-order valence-corrected chi connectivity index (χ3v) is 2.40. The molecular weight excluding hydrogens is 180 g/mol. The average Bonchev–Trinajstić information content (AvgIpc) is 2.20. The van der Waals surface area contributed by atoms with Crippen LogP contribution in [0.2, 0.25) is 0 Å². The zero-order valence-electron chi connectivity index (χ0n) is 8.16. The smallest absolute Gasteiger partial charge is 0.142 e. The van der Waals surface area contributed by atoms with Crippen LogP contribution in [0, 0.1) is 0 Å². The molecule has 0 spiro atoms. The molecule has 0 saturated heterocycles. The van der Waals surface area contributed by atoms with Crippen molar-refractivity contribution < 1.29 is 9.94 Å². The van der Waals surface area contributed by atoms with E-state index in [0.29, 0.717) is 6.54 Å². The quantitative estimate of drug-likeness (QED) is 0.689. The second kappa shape index (κ2) is 3.86. The van der Waals surface area contributed by atoms with Crippen molar-refractivity contribution in [2.45, 2.75) is 6.54 Å². The van der Waals surface area contributed by atoms with Gasteiger partial charge in [0, 0.05) is 13.6 Å². The Kier molecular flexibility index (Phi) is 2.56. The van der Waals surface area contributed by atoms with E-state index < -0.39 is 0 Å². The monoisotopic (exact) mass is 194 g/mol. The Balaban J connectivity index is 2.31. The van der Waals surface area contributed by atoms with E-state index in [4.69, 9.17) is 9.94 Å². The van der Waals surface area contributed by atoms with E-state index in [1.54, 1.807) is 0 Å². The molecule has 1 aliphatic rings. The van der Waals surface area contributed by atoms with Gasteiger partial charge in [-0.1, -0.05) is 6.07 Å². The third kappa shape index (κ3) is 1.66. The standard InChI is InChI=1S/C10H14N2O2/c1-12-4-5-14-10-3-2-8(7-11-13)6-9(10)12/h2-3,6,11,13H,4-5,7H2,1H3. The number of nitrogens with one attached hydrogen (secondary N) is 1. The summed E-state index contributed by atoms with van der Waals surface area (Å²) in [6.07, 6.45) is 0. The van der Waals surface area contributed by atoms with Crippen LogP contribution in [0.4, 0.5) is 5.69 Å². The fourth-order valence-electron chi connectivity index (χ4n) is 1.60. The largest absolute Gasteiger partial charge is 0.490 e. The molecule has 1 heterocycles. The summed E-state index contributed by atoms with van der Waals surface area (Å²) in [6.45, 7) is 2.10. The Morgan fingerprint density at radius 1 is 1.57 bits per heavy atom. The summed E-state index contributed by atoms with van der Waals surface area (Å²) in [5.74, 6) is 0.917. The Bertz CT molecular complexity index is 328. The second-order valence-electron chi connectivity index (χ2n) is 3.41. The van der Waals surface area contributed by atoms with Crippen LogP contribution in [-0.2, 0) is 6.54 Å². The van der Waals surface area contributed by atoms with Gasteiger partial charge in [0.2, 0.25) is 0 Å². The molecule has 0 bridgehead atoms. The molecule has 0 radical (unpaired) electrons. The maximum absolute atomic E-state index is 8.59. The molecule has 1 aliphatic heterocycles. The molecule has 0 aliphatic carbocycles. The van der Waals surface area contributed by atoms with Crippen LogP contribution in [0.1, 0.15) is 5.56 Å². The molecule has 0 saturated carbocycles. The molecular formula is C10H14N2O2. The van der Waals surface area contributed by atoms with Crippen LogP contribution in [0.25, 0.3) is 0 Å². The van der Waals surface area contributed by atoms with Crippen molar-refractivity contribution in [2.24, 2.45) is 0 Å². The number of hydroxylamine groups is 1. The number of benzene rings is 1. The van der Waals surface area contributed by atoms with Crippen molar-refractivity contribution in [1.29, 1.82) is 0 Å². The second-order valence-corrected chi connectivity index (χ2v) is 3.41. The summed E-state index contributed by atoms with van der Waals surface area (Å²) in [6, 6.07) is 5.91. The molecule has 0 aromatic heterocycles. The number of likely N-dealkylation sites (N-methyl/N-ethyl adjacent to an activating group) is 1. The first-order valence-electron chi connectivity index (χ1n) is 4.65. The minimum atomic E-state index is 0.459. The number of fused-ring (bicyclic) bond motifs is 1. The highest BCUT2D eigenvalue weighted by Gasteiger charge is 2.14. The number of hydrogen-bond donors (Lipinski definition) is 2. The normalized spacial score (nSPS) is 14.9. The van der Waals surface area contributed by atoms with Gasteiger partial charge in [0.1, 0.15) is 12.4 Å². The van der Waals surface area contributed by atoms with Crippen molar-refractivity contribution in [3.8, 4) is 5.75 Å². The maximum atomic E-state index is 8.59. The Labute approximate surface area is 83.1 Å². The molecule has 2 rings (SSSR count). The van der Waals surface area contributed by atoms with Gasteiger partial charge in [-0.05, 0) is 17.7 Å². The van der Waals surface area contributed by atoms with Crippen molar-refractivity contribution >= 4 is 5.69 Å². The third-order valence-electron chi connectivity index (χ3n) is 2.40. The summed E-state index contributed by atoms with van der Waals surface area (Å²) in [4.78, 5) is 2.15. The highest BCUT2D eigenvalue weighted by Crippen LogP contribution is 2.31. The van der Waals surface area contributed by atoms with Gasteiger partial charge in [0.15, 0.2) is 0 Å². The fraction of sp³-hybridized carbons (Fsp3) is 0.400.